The number of hydrogen-bond donors (Lipinski definition) is 0. The Labute approximate surface area is 247 Å². The molecule has 0 radical (unpaired) electrons. The minimum absolute atomic E-state index is 0.124. The van der Waals surface area contributed by atoms with Gasteiger partial charge in [-0.1, -0.05) is 98.8 Å². The third-order valence-electron chi connectivity index (χ3n) is 8.45. The molecule has 0 bridgehead atoms. The largest absolute Gasteiger partial charge is 0.245 e. The molecular weight excluding hydrogens is 537 g/mol. The van der Waals surface area contributed by atoms with Gasteiger partial charge in [0.2, 0.25) is 0 Å². The van der Waals surface area contributed by atoms with Crippen molar-refractivity contribution in [2.45, 2.75) is 19.3 Å². The molecule has 0 unspecified atom stereocenters. The van der Waals surface area contributed by atoms with Crippen LogP contribution in [0.2, 0.25) is 0 Å². The second-order valence-corrected chi connectivity index (χ2v) is 12.9. The zero-order valence-electron chi connectivity index (χ0n) is 22.8. The summed E-state index contributed by atoms with van der Waals surface area (Å²) >= 11 is 3.35. The Morgan fingerprint density at radius 3 is 1.68 bits per heavy atom. The zero-order valence-corrected chi connectivity index (χ0v) is 24.4. The number of benzene rings is 5. The molecule has 196 valence electrons. The lowest BCUT2D eigenvalue weighted by Crippen LogP contribution is -2.15. The molecule has 1 aliphatic rings. The second-order valence-electron chi connectivity index (χ2n) is 11.1. The summed E-state index contributed by atoms with van der Waals surface area (Å²) in [4.78, 5) is 8.95. The standard InChI is InChI=1S/C37H26N2S2/c1-37(2)32-21-27(23-7-11-25(12-8-23)35-38-17-19-40-35)15-16-30(32)34-29-6-4-3-5-28(29)31(22-33(34)37)24-9-13-26(14-10-24)36-39-18-20-41-36/h3-22H,1-2H3. The van der Waals surface area contributed by atoms with Gasteiger partial charge in [-0.25, -0.2) is 9.97 Å². The maximum atomic E-state index is 4.49. The number of nitrogens with zero attached hydrogens (tertiary/aromatic N) is 2. The smallest absolute Gasteiger partial charge is 0.123 e. The van der Waals surface area contributed by atoms with Gasteiger partial charge in [-0.05, 0) is 67.4 Å². The van der Waals surface area contributed by atoms with Crippen LogP contribution in [0.5, 0.6) is 0 Å². The zero-order chi connectivity index (χ0) is 27.6. The van der Waals surface area contributed by atoms with E-state index in [2.05, 4.69) is 121 Å². The average molecular weight is 563 g/mol. The summed E-state index contributed by atoms with van der Waals surface area (Å²) in [5.41, 5.74) is 12.7. The van der Waals surface area contributed by atoms with Crippen LogP contribution in [-0.4, -0.2) is 9.97 Å². The lowest BCUT2D eigenvalue weighted by Gasteiger charge is -2.23. The van der Waals surface area contributed by atoms with Gasteiger partial charge in [0.05, 0.1) is 0 Å². The first-order valence-corrected chi connectivity index (χ1v) is 15.6. The molecular formula is C37H26N2S2. The topological polar surface area (TPSA) is 25.8 Å². The number of rotatable bonds is 4. The Kier molecular flexibility index (Phi) is 5.56. The molecule has 0 saturated heterocycles. The van der Waals surface area contributed by atoms with Gasteiger partial charge in [-0.3, -0.25) is 0 Å². The van der Waals surface area contributed by atoms with E-state index < -0.39 is 0 Å². The van der Waals surface area contributed by atoms with Crippen LogP contribution in [0.1, 0.15) is 25.0 Å². The van der Waals surface area contributed by atoms with E-state index in [0.29, 0.717) is 0 Å². The SMILES string of the molecule is CC1(C)c2cc(-c3ccc(-c4nccs4)cc3)ccc2-c2c1cc(-c1ccc(-c3nccs3)cc1)c1ccccc21. The monoisotopic (exact) mass is 562 g/mol. The molecule has 0 fully saturated rings. The van der Waals surface area contributed by atoms with Crippen molar-refractivity contribution >= 4 is 33.4 Å². The van der Waals surface area contributed by atoms with Crippen LogP contribution in [0, 0.1) is 0 Å². The van der Waals surface area contributed by atoms with E-state index in [1.807, 2.05) is 23.2 Å². The van der Waals surface area contributed by atoms with Crippen LogP contribution in [0.4, 0.5) is 0 Å². The Bertz CT molecular complexity index is 2030. The Hall–Kier alpha value is -4.38. The van der Waals surface area contributed by atoms with Crippen LogP contribution >= 0.6 is 22.7 Å². The van der Waals surface area contributed by atoms with Gasteiger partial charge >= 0.3 is 0 Å². The summed E-state index contributed by atoms with van der Waals surface area (Å²) < 4.78 is 0. The van der Waals surface area contributed by atoms with Crippen LogP contribution in [0.3, 0.4) is 0 Å². The van der Waals surface area contributed by atoms with Crippen molar-refractivity contribution in [2.75, 3.05) is 0 Å². The van der Waals surface area contributed by atoms with Gasteiger partial charge in [-0.2, -0.15) is 0 Å². The summed E-state index contributed by atoms with van der Waals surface area (Å²) in [6.07, 6.45) is 3.73. The fourth-order valence-electron chi connectivity index (χ4n) is 6.33. The van der Waals surface area contributed by atoms with Crippen molar-refractivity contribution in [1.29, 1.82) is 0 Å². The molecule has 2 heterocycles. The molecule has 7 aromatic rings. The first-order valence-electron chi connectivity index (χ1n) is 13.8. The van der Waals surface area contributed by atoms with Gasteiger partial charge in [0.25, 0.3) is 0 Å². The summed E-state index contributed by atoms with van der Waals surface area (Å²) in [5.74, 6) is 0. The minimum atomic E-state index is -0.124. The summed E-state index contributed by atoms with van der Waals surface area (Å²) in [6.45, 7) is 4.74. The molecule has 41 heavy (non-hydrogen) atoms. The van der Waals surface area contributed by atoms with Gasteiger partial charge in [-0.15, -0.1) is 22.7 Å². The van der Waals surface area contributed by atoms with Crippen molar-refractivity contribution in [3.8, 4) is 54.5 Å². The van der Waals surface area contributed by atoms with Gasteiger partial charge in [0.1, 0.15) is 10.0 Å². The van der Waals surface area contributed by atoms with E-state index in [1.165, 1.54) is 55.3 Å². The fraction of sp³-hybridized carbons (Fsp3) is 0.0811. The molecule has 0 N–H and O–H groups in total. The highest BCUT2D eigenvalue weighted by Crippen LogP contribution is 2.54. The highest BCUT2D eigenvalue weighted by molar-refractivity contribution is 7.13. The Balaban J connectivity index is 1.24. The molecule has 2 nitrogen and oxygen atoms in total. The Morgan fingerprint density at radius 2 is 1.07 bits per heavy atom. The van der Waals surface area contributed by atoms with Gasteiger partial charge in [0.15, 0.2) is 0 Å². The van der Waals surface area contributed by atoms with Crippen molar-refractivity contribution in [3.05, 3.63) is 131 Å². The summed E-state index contributed by atoms with van der Waals surface area (Å²) in [7, 11) is 0. The maximum Gasteiger partial charge on any atom is 0.123 e. The van der Waals surface area contributed by atoms with Gasteiger partial charge < -0.3 is 0 Å². The highest BCUT2D eigenvalue weighted by atomic mass is 32.1. The predicted octanol–water partition coefficient (Wildman–Crippen LogP) is 10.7. The quantitative estimate of drug-likeness (QED) is 0.213. The molecule has 4 heteroatoms. The third-order valence-corrected chi connectivity index (χ3v) is 10.1. The van der Waals surface area contributed by atoms with Crippen molar-refractivity contribution in [1.82, 2.24) is 9.97 Å². The molecule has 1 aliphatic carbocycles. The Morgan fingerprint density at radius 1 is 0.512 bits per heavy atom. The van der Waals surface area contributed by atoms with Crippen molar-refractivity contribution < 1.29 is 0 Å². The lowest BCUT2D eigenvalue weighted by atomic mass is 9.80. The first-order chi connectivity index (χ1) is 20.1. The number of aromatic nitrogens is 2. The number of hydrogen-bond acceptors (Lipinski definition) is 4. The predicted molar refractivity (Wildman–Crippen MR) is 175 cm³/mol. The molecule has 5 aromatic carbocycles. The van der Waals surface area contributed by atoms with Crippen LogP contribution < -0.4 is 0 Å². The normalized spacial score (nSPS) is 13.3. The van der Waals surface area contributed by atoms with E-state index in [9.17, 15) is 0 Å². The molecule has 0 atom stereocenters. The fourth-order valence-corrected chi connectivity index (χ4v) is 7.62. The van der Waals surface area contributed by atoms with Crippen molar-refractivity contribution in [2.24, 2.45) is 0 Å². The van der Waals surface area contributed by atoms with E-state index >= 15 is 0 Å². The van der Waals surface area contributed by atoms with E-state index in [4.69, 9.17) is 0 Å². The molecule has 0 amide bonds. The summed E-state index contributed by atoms with van der Waals surface area (Å²) in [6, 6.07) is 36.0. The summed E-state index contributed by atoms with van der Waals surface area (Å²) in [5, 5.41) is 8.77. The third kappa shape index (κ3) is 3.90. The highest BCUT2D eigenvalue weighted by Gasteiger charge is 2.37. The second kappa shape index (κ2) is 9.34. The van der Waals surface area contributed by atoms with Gasteiger partial charge in [0, 0.05) is 39.7 Å². The maximum absolute atomic E-state index is 4.49. The molecule has 0 aliphatic heterocycles. The first kappa shape index (κ1) is 24.4. The van der Waals surface area contributed by atoms with Crippen LogP contribution in [0.15, 0.2) is 120 Å². The lowest BCUT2D eigenvalue weighted by molar-refractivity contribution is 0.661. The van der Waals surface area contributed by atoms with Crippen LogP contribution in [0.25, 0.3) is 65.3 Å². The van der Waals surface area contributed by atoms with E-state index in [-0.39, 0.29) is 5.41 Å². The van der Waals surface area contributed by atoms with E-state index in [1.54, 1.807) is 22.7 Å². The number of thiazole rings is 2. The van der Waals surface area contributed by atoms with Crippen molar-refractivity contribution in [3.63, 3.8) is 0 Å². The molecule has 2 aromatic heterocycles. The molecule has 0 spiro atoms. The average Bonchev–Trinajstić information content (AvgIpc) is 3.79. The molecule has 8 rings (SSSR count). The molecule has 0 saturated carbocycles. The van der Waals surface area contributed by atoms with Crippen LogP contribution in [-0.2, 0) is 5.41 Å². The number of fused-ring (bicyclic) bond motifs is 5. The van der Waals surface area contributed by atoms with E-state index in [0.717, 1.165) is 21.1 Å². The minimum Gasteiger partial charge on any atom is -0.245 e.